The van der Waals surface area contributed by atoms with Crippen molar-refractivity contribution < 1.29 is 9.59 Å². The number of amides is 3. The predicted molar refractivity (Wildman–Crippen MR) is 46.3 cm³/mol. The lowest BCUT2D eigenvalue weighted by atomic mass is 10.2. The lowest BCUT2D eigenvalue weighted by Gasteiger charge is -2.06. The van der Waals surface area contributed by atoms with E-state index in [2.05, 4.69) is 17.2 Å². The Morgan fingerprint density at radius 2 is 2.08 bits per heavy atom. The molecule has 1 rings (SSSR count). The van der Waals surface area contributed by atoms with Crippen LogP contribution in [-0.4, -0.2) is 29.4 Å². The minimum absolute atomic E-state index is 0.00820. The van der Waals surface area contributed by atoms with Gasteiger partial charge in [0.25, 0.3) is 5.91 Å². The van der Waals surface area contributed by atoms with Crippen molar-refractivity contribution in [2.45, 2.75) is 12.5 Å². The van der Waals surface area contributed by atoms with Gasteiger partial charge >= 0.3 is 6.03 Å². The van der Waals surface area contributed by atoms with Gasteiger partial charge in [0.15, 0.2) is 0 Å². The minimum atomic E-state index is -0.606. The van der Waals surface area contributed by atoms with E-state index >= 15 is 0 Å². The number of carbonyl (C=O) groups excluding carboxylic acids is 2. The van der Waals surface area contributed by atoms with Crippen molar-refractivity contribution in [3.8, 4) is 24.7 Å². The van der Waals surface area contributed by atoms with Crippen molar-refractivity contribution in [3.05, 3.63) is 0 Å². The summed E-state index contributed by atoms with van der Waals surface area (Å²) < 4.78 is 0. The van der Waals surface area contributed by atoms with Crippen LogP contribution < -0.4 is 5.32 Å². The second-order valence-corrected chi connectivity index (χ2v) is 2.54. The average molecular weight is 176 g/mol. The Balaban J connectivity index is 2.72. The Bertz CT molecular complexity index is 321. The summed E-state index contributed by atoms with van der Waals surface area (Å²) in [5.74, 6) is 4.19. The largest absolute Gasteiger partial charge is 0.325 e. The Hall–Kier alpha value is -1.94. The van der Waals surface area contributed by atoms with Gasteiger partial charge in [-0.1, -0.05) is 5.92 Å². The fourth-order valence-corrected chi connectivity index (χ4v) is 1.07. The maximum Gasteiger partial charge on any atom is 0.325 e. The van der Waals surface area contributed by atoms with Gasteiger partial charge in [-0.25, -0.2) is 4.79 Å². The molecule has 4 nitrogen and oxygen atoms in total. The summed E-state index contributed by atoms with van der Waals surface area (Å²) in [6.07, 6.45) is 10.2. The van der Waals surface area contributed by atoms with Crippen molar-refractivity contribution in [3.63, 3.8) is 0 Å². The lowest BCUT2D eigenvalue weighted by molar-refractivity contribution is -0.126. The van der Waals surface area contributed by atoms with Crippen molar-refractivity contribution in [2.75, 3.05) is 6.54 Å². The molecule has 0 aromatic carbocycles. The molecule has 1 aliphatic heterocycles. The molecule has 1 aliphatic rings. The van der Waals surface area contributed by atoms with Crippen LogP contribution in [0, 0.1) is 24.7 Å². The summed E-state index contributed by atoms with van der Waals surface area (Å²) in [5.41, 5.74) is 0. The number of rotatable bonds is 2. The first-order chi connectivity index (χ1) is 6.20. The van der Waals surface area contributed by atoms with E-state index in [0.717, 1.165) is 4.90 Å². The Morgan fingerprint density at radius 1 is 1.38 bits per heavy atom. The standard InChI is InChI=1S/C9H8N2O2/c1-3-5-7-8(12)11(6-4-2)9(13)10-7/h1-2,7H,5-6H2,(H,10,13). The van der Waals surface area contributed by atoms with Crippen LogP contribution in [0.2, 0.25) is 0 Å². The molecule has 1 unspecified atom stereocenters. The molecule has 1 saturated heterocycles. The van der Waals surface area contributed by atoms with Gasteiger partial charge in [0.05, 0.1) is 6.54 Å². The second-order valence-electron chi connectivity index (χ2n) is 2.54. The molecule has 0 aliphatic carbocycles. The maximum absolute atomic E-state index is 11.3. The quantitative estimate of drug-likeness (QED) is 0.458. The first-order valence-electron chi connectivity index (χ1n) is 3.69. The van der Waals surface area contributed by atoms with Crippen LogP contribution in [0.25, 0.3) is 0 Å². The zero-order chi connectivity index (χ0) is 9.84. The normalized spacial score (nSPS) is 20.8. The molecule has 1 atom stereocenters. The first kappa shape index (κ1) is 9.15. The second kappa shape index (κ2) is 3.64. The molecule has 1 N–H and O–H groups in total. The van der Waals surface area contributed by atoms with Gasteiger partial charge in [0.1, 0.15) is 6.04 Å². The van der Waals surface area contributed by atoms with E-state index < -0.39 is 12.1 Å². The molecule has 66 valence electrons. The molecule has 1 heterocycles. The molecule has 13 heavy (non-hydrogen) atoms. The summed E-state index contributed by atoms with van der Waals surface area (Å²) in [7, 11) is 0. The fourth-order valence-electron chi connectivity index (χ4n) is 1.07. The van der Waals surface area contributed by atoms with E-state index in [1.165, 1.54) is 0 Å². The van der Waals surface area contributed by atoms with Crippen LogP contribution in [0.1, 0.15) is 6.42 Å². The maximum atomic E-state index is 11.3. The molecular formula is C9H8N2O2. The van der Waals surface area contributed by atoms with Gasteiger partial charge in [-0.2, -0.15) is 0 Å². The van der Waals surface area contributed by atoms with Gasteiger partial charge in [-0.3, -0.25) is 9.69 Å². The number of hydrogen-bond acceptors (Lipinski definition) is 2. The zero-order valence-corrected chi connectivity index (χ0v) is 6.91. The number of hydrogen-bond donors (Lipinski definition) is 1. The van der Waals surface area contributed by atoms with Gasteiger partial charge in [0.2, 0.25) is 0 Å². The highest BCUT2D eigenvalue weighted by atomic mass is 16.2. The van der Waals surface area contributed by atoms with Crippen LogP contribution in [-0.2, 0) is 4.79 Å². The number of nitrogens with one attached hydrogen (secondary N) is 1. The summed E-state index contributed by atoms with van der Waals surface area (Å²) in [6, 6.07) is -1.07. The van der Waals surface area contributed by atoms with Crippen LogP contribution in [0.3, 0.4) is 0 Å². The average Bonchev–Trinajstić information content (AvgIpc) is 2.34. The zero-order valence-electron chi connectivity index (χ0n) is 6.91. The SMILES string of the molecule is C#CCC1NC(=O)N(CC#C)C1=O. The number of terminal acetylenes is 2. The molecule has 0 bridgehead atoms. The van der Waals surface area contributed by atoms with Crippen molar-refractivity contribution in [2.24, 2.45) is 0 Å². The third-order valence-electron chi connectivity index (χ3n) is 1.68. The molecular weight excluding hydrogens is 168 g/mol. The van der Waals surface area contributed by atoms with E-state index in [0.29, 0.717) is 0 Å². The van der Waals surface area contributed by atoms with Crippen molar-refractivity contribution in [1.29, 1.82) is 0 Å². The van der Waals surface area contributed by atoms with E-state index in [4.69, 9.17) is 12.8 Å². The number of imide groups is 1. The van der Waals surface area contributed by atoms with Gasteiger partial charge in [0, 0.05) is 6.42 Å². The first-order valence-corrected chi connectivity index (χ1v) is 3.69. The van der Waals surface area contributed by atoms with Crippen molar-refractivity contribution in [1.82, 2.24) is 10.2 Å². The summed E-state index contributed by atoms with van der Waals surface area (Å²) >= 11 is 0. The lowest BCUT2D eigenvalue weighted by Crippen LogP contribution is -2.31. The molecule has 0 radical (unpaired) electrons. The molecule has 0 spiro atoms. The number of nitrogens with zero attached hydrogens (tertiary/aromatic N) is 1. The molecule has 4 heteroatoms. The summed E-state index contributed by atoms with van der Waals surface area (Å²) in [5, 5.41) is 2.44. The van der Waals surface area contributed by atoms with Gasteiger partial charge in [-0.05, 0) is 0 Å². The van der Waals surface area contributed by atoms with Crippen molar-refractivity contribution >= 4 is 11.9 Å². The molecule has 3 amide bonds. The highest BCUT2D eigenvalue weighted by Crippen LogP contribution is 2.07. The highest BCUT2D eigenvalue weighted by Gasteiger charge is 2.36. The van der Waals surface area contributed by atoms with E-state index in [1.54, 1.807) is 0 Å². The molecule has 0 aromatic heterocycles. The predicted octanol–water partition coefficient (Wildman–Crippen LogP) is -0.437. The Kier molecular flexibility index (Phi) is 2.56. The molecule has 0 saturated carbocycles. The third-order valence-corrected chi connectivity index (χ3v) is 1.68. The summed E-state index contributed by atoms with van der Waals surface area (Å²) in [6.45, 7) is -0.00820. The molecule has 1 fully saturated rings. The third kappa shape index (κ3) is 1.62. The minimum Gasteiger partial charge on any atom is -0.325 e. The number of carbonyl (C=O) groups is 2. The Labute approximate surface area is 76.3 Å². The van der Waals surface area contributed by atoms with Gasteiger partial charge in [-0.15, -0.1) is 18.8 Å². The molecule has 0 aromatic rings. The number of urea groups is 1. The van der Waals surface area contributed by atoms with Gasteiger partial charge < -0.3 is 5.32 Å². The highest BCUT2D eigenvalue weighted by molar-refractivity contribution is 6.04. The monoisotopic (exact) mass is 176 g/mol. The van der Waals surface area contributed by atoms with Crippen LogP contribution in [0.4, 0.5) is 4.79 Å². The van der Waals surface area contributed by atoms with Crippen LogP contribution in [0.5, 0.6) is 0 Å². The van der Waals surface area contributed by atoms with E-state index in [9.17, 15) is 9.59 Å². The fraction of sp³-hybridized carbons (Fsp3) is 0.333. The van der Waals surface area contributed by atoms with Crippen LogP contribution in [0.15, 0.2) is 0 Å². The smallest absolute Gasteiger partial charge is 0.325 e. The van der Waals surface area contributed by atoms with Crippen LogP contribution >= 0.6 is 0 Å². The summed E-state index contributed by atoms with van der Waals surface area (Å²) in [4.78, 5) is 23.4. The van der Waals surface area contributed by atoms with E-state index in [1.807, 2.05) is 0 Å². The van der Waals surface area contributed by atoms with E-state index in [-0.39, 0.29) is 18.9 Å². The Morgan fingerprint density at radius 3 is 2.62 bits per heavy atom. The topological polar surface area (TPSA) is 49.4 Å².